The number of carbonyl (C=O) groups is 2. The van der Waals surface area contributed by atoms with Crippen molar-refractivity contribution in [2.45, 2.75) is 44.2 Å². The molecular weight excluding hydrogens is 372 g/mol. The van der Waals surface area contributed by atoms with Crippen molar-refractivity contribution in [3.8, 4) is 5.75 Å². The number of nitrogens with one attached hydrogen (secondary N) is 2. The average molecular weight is 393 g/mol. The predicted octanol–water partition coefficient (Wildman–Crippen LogP) is 2.69. The van der Waals surface area contributed by atoms with E-state index in [2.05, 4.69) is 26.6 Å². The second-order valence-corrected chi connectivity index (χ2v) is 8.20. The SMILES string of the molecule is COc1ccc(C2NC(=O)C(C3CC4(CCC4)C3)NC2=O)cc1Br. The smallest absolute Gasteiger partial charge is 0.247 e. The zero-order valence-corrected chi connectivity index (χ0v) is 15.2. The molecule has 6 heteroatoms. The highest BCUT2D eigenvalue weighted by Crippen LogP contribution is 2.59. The summed E-state index contributed by atoms with van der Waals surface area (Å²) < 4.78 is 5.97. The van der Waals surface area contributed by atoms with Crippen LogP contribution < -0.4 is 15.4 Å². The molecule has 24 heavy (non-hydrogen) atoms. The minimum Gasteiger partial charge on any atom is -0.496 e. The molecule has 3 aliphatic rings. The molecule has 1 aromatic rings. The maximum Gasteiger partial charge on any atom is 0.247 e. The quantitative estimate of drug-likeness (QED) is 0.830. The van der Waals surface area contributed by atoms with Gasteiger partial charge in [-0.1, -0.05) is 12.5 Å². The molecule has 0 radical (unpaired) electrons. The van der Waals surface area contributed by atoms with Gasteiger partial charge >= 0.3 is 0 Å². The maximum absolute atomic E-state index is 12.5. The molecule has 2 amide bonds. The van der Waals surface area contributed by atoms with Crippen molar-refractivity contribution in [3.63, 3.8) is 0 Å². The van der Waals surface area contributed by atoms with E-state index in [0.717, 1.165) is 22.9 Å². The number of halogens is 1. The number of benzene rings is 1. The second kappa shape index (κ2) is 5.76. The van der Waals surface area contributed by atoms with Gasteiger partial charge in [0.15, 0.2) is 0 Å². The van der Waals surface area contributed by atoms with Gasteiger partial charge in [-0.05, 0) is 70.6 Å². The van der Waals surface area contributed by atoms with Crippen molar-refractivity contribution in [3.05, 3.63) is 28.2 Å². The van der Waals surface area contributed by atoms with Crippen LogP contribution in [-0.4, -0.2) is 25.0 Å². The standard InChI is InChI=1S/C18H21BrN2O3/c1-24-13-4-3-10(7-12(13)19)14-16(22)21-15(17(23)20-14)11-8-18(9-11)5-2-6-18/h3-4,7,11,14-15H,2,5-6,8-9H2,1H3,(H,20,23)(H,21,22). The number of amides is 2. The Labute approximate surface area is 149 Å². The lowest BCUT2D eigenvalue weighted by Crippen LogP contribution is -2.63. The molecule has 0 aromatic heterocycles. The first-order valence-corrected chi connectivity index (χ1v) is 9.25. The first kappa shape index (κ1) is 15.9. The average Bonchev–Trinajstić information content (AvgIpc) is 2.47. The van der Waals surface area contributed by atoms with E-state index in [9.17, 15) is 9.59 Å². The van der Waals surface area contributed by atoms with Gasteiger partial charge in [-0.2, -0.15) is 0 Å². The van der Waals surface area contributed by atoms with Crippen LogP contribution in [0.15, 0.2) is 22.7 Å². The Bertz CT molecular complexity index is 694. The Morgan fingerprint density at radius 1 is 1.17 bits per heavy atom. The predicted molar refractivity (Wildman–Crippen MR) is 92.5 cm³/mol. The summed E-state index contributed by atoms with van der Waals surface area (Å²) in [6.07, 6.45) is 6.03. The van der Waals surface area contributed by atoms with Crippen molar-refractivity contribution in [1.82, 2.24) is 10.6 Å². The van der Waals surface area contributed by atoms with Gasteiger partial charge in [0.1, 0.15) is 17.8 Å². The summed E-state index contributed by atoms with van der Waals surface area (Å²) in [5, 5.41) is 5.85. The molecule has 128 valence electrons. The second-order valence-electron chi connectivity index (χ2n) is 7.34. The minimum atomic E-state index is -0.645. The van der Waals surface area contributed by atoms with Gasteiger partial charge in [0.2, 0.25) is 11.8 Å². The molecular formula is C18H21BrN2O3. The van der Waals surface area contributed by atoms with Gasteiger partial charge in [-0.15, -0.1) is 0 Å². The molecule has 1 aromatic carbocycles. The van der Waals surface area contributed by atoms with E-state index in [0.29, 0.717) is 11.2 Å². The van der Waals surface area contributed by atoms with Gasteiger partial charge in [0, 0.05) is 0 Å². The molecule has 4 rings (SSSR count). The van der Waals surface area contributed by atoms with Crippen LogP contribution in [0.3, 0.4) is 0 Å². The van der Waals surface area contributed by atoms with Crippen LogP contribution in [0.25, 0.3) is 0 Å². The fraction of sp³-hybridized carbons (Fsp3) is 0.556. The molecule has 2 saturated carbocycles. The minimum absolute atomic E-state index is 0.0642. The molecule has 3 fully saturated rings. The third kappa shape index (κ3) is 2.51. The van der Waals surface area contributed by atoms with E-state index < -0.39 is 6.04 Å². The van der Waals surface area contributed by atoms with Crippen LogP contribution >= 0.6 is 15.9 Å². The van der Waals surface area contributed by atoms with Crippen LogP contribution in [0.4, 0.5) is 0 Å². The summed E-state index contributed by atoms with van der Waals surface area (Å²) in [4.78, 5) is 25.1. The molecule has 1 heterocycles. The van der Waals surface area contributed by atoms with E-state index in [1.807, 2.05) is 6.07 Å². The Kier molecular flexibility index (Phi) is 3.82. The third-order valence-corrected chi connectivity index (χ3v) is 6.53. The van der Waals surface area contributed by atoms with E-state index in [-0.39, 0.29) is 23.8 Å². The van der Waals surface area contributed by atoms with Gasteiger partial charge in [-0.3, -0.25) is 9.59 Å². The van der Waals surface area contributed by atoms with Gasteiger partial charge in [0.25, 0.3) is 0 Å². The largest absolute Gasteiger partial charge is 0.496 e. The normalized spacial score (nSPS) is 28.6. The zero-order chi connectivity index (χ0) is 16.9. The highest BCUT2D eigenvalue weighted by atomic mass is 79.9. The van der Waals surface area contributed by atoms with Gasteiger partial charge in [-0.25, -0.2) is 0 Å². The highest BCUT2D eigenvalue weighted by Gasteiger charge is 2.53. The number of carbonyl (C=O) groups excluding carboxylic acids is 2. The Morgan fingerprint density at radius 2 is 1.92 bits per heavy atom. The van der Waals surface area contributed by atoms with E-state index in [1.165, 1.54) is 19.3 Å². The monoisotopic (exact) mass is 392 g/mol. The lowest BCUT2D eigenvalue weighted by molar-refractivity contribution is -0.143. The summed E-state index contributed by atoms with van der Waals surface area (Å²) in [6.45, 7) is 0. The van der Waals surface area contributed by atoms with Crippen LogP contribution in [0, 0.1) is 11.3 Å². The summed E-state index contributed by atoms with van der Waals surface area (Å²) in [7, 11) is 1.59. The Morgan fingerprint density at radius 3 is 2.50 bits per heavy atom. The van der Waals surface area contributed by atoms with Crippen molar-refractivity contribution in [2.75, 3.05) is 7.11 Å². The van der Waals surface area contributed by atoms with Crippen molar-refractivity contribution < 1.29 is 14.3 Å². The fourth-order valence-electron chi connectivity index (χ4n) is 4.40. The highest BCUT2D eigenvalue weighted by molar-refractivity contribution is 9.10. The van der Waals surface area contributed by atoms with Crippen LogP contribution in [-0.2, 0) is 9.59 Å². The molecule has 2 atom stereocenters. The maximum atomic E-state index is 12.5. The van der Waals surface area contributed by atoms with Crippen molar-refractivity contribution >= 4 is 27.7 Å². The summed E-state index contributed by atoms with van der Waals surface area (Å²) in [5.74, 6) is 0.786. The topological polar surface area (TPSA) is 67.4 Å². The van der Waals surface area contributed by atoms with Crippen LogP contribution in [0.5, 0.6) is 5.75 Å². The number of methoxy groups -OCH3 is 1. The lowest BCUT2D eigenvalue weighted by atomic mass is 9.50. The molecule has 2 unspecified atom stereocenters. The Balaban J connectivity index is 1.46. The third-order valence-electron chi connectivity index (χ3n) is 5.91. The van der Waals surface area contributed by atoms with Crippen LogP contribution in [0.2, 0.25) is 0 Å². The van der Waals surface area contributed by atoms with E-state index >= 15 is 0 Å². The fourth-order valence-corrected chi connectivity index (χ4v) is 4.96. The summed E-state index contributed by atoms with van der Waals surface area (Å²) in [5.41, 5.74) is 1.24. The first-order chi connectivity index (χ1) is 11.5. The van der Waals surface area contributed by atoms with Crippen molar-refractivity contribution in [1.29, 1.82) is 0 Å². The first-order valence-electron chi connectivity index (χ1n) is 8.46. The number of hydrogen-bond acceptors (Lipinski definition) is 3. The zero-order valence-electron chi connectivity index (χ0n) is 13.6. The summed E-state index contributed by atoms with van der Waals surface area (Å²) in [6, 6.07) is 4.39. The van der Waals surface area contributed by atoms with Gasteiger partial charge < -0.3 is 15.4 Å². The number of hydrogen-bond donors (Lipinski definition) is 2. The number of rotatable bonds is 3. The summed E-state index contributed by atoms with van der Waals surface area (Å²) >= 11 is 3.42. The molecule has 2 N–H and O–H groups in total. The molecule has 2 aliphatic carbocycles. The molecule has 1 spiro atoms. The number of ether oxygens (including phenoxy) is 1. The Hall–Kier alpha value is -1.56. The van der Waals surface area contributed by atoms with E-state index in [1.54, 1.807) is 19.2 Å². The lowest BCUT2D eigenvalue weighted by Gasteiger charge is -2.56. The molecule has 0 bridgehead atoms. The molecule has 1 saturated heterocycles. The molecule has 5 nitrogen and oxygen atoms in total. The van der Waals surface area contributed by atoms with E-state index in [4.69, 9.17) is 4.74 Å². The molecule has 1 aliphatic heterocycles. The van der Waals surface area contributed by atoms with Crippen LogP contribution in [0.1, 0.15) is 43.7 Å². The number of piperazine rings is 1. The van der Waals surface area contributed by atoms with Crippen molar-refractivity contribution in [2.24, 2.45) is 11.3 Å². The van der Waals surface area contributed by atoms with Gasteiger partial charge in [0.05, 0.1) is 11.6 Å².